The first-order valence-corrected chi connectivity index (χ1v) is 19.9. The molecule has 2 heteroatoms. The van der Waals surface area contributed by atoms with Gasteiger partial charge >= 0.3 is 0 Å². The van der Waals surface area contributed by atoms with Crippen LogP contribution in [0.3, 0.4) is 0 Å². The molecule has 0 atom stereocenters. The van der Waals surface area contributed by atoms with Crippen molar-refractivity contribution in [3.63, 3.8) is 0 Å². The zero-order chi connectivity index (χ0) is 38.2. The number of fused-ring (bicyclic) bond motifs is 9. The van der Waals surface area contributed by atoms with Crippen molar-refractivity contribution in [1.29, 1.82) is 0 Å². The van der Waals surface area contributed by atoms with E-state index >= 15 is 0 Å². The molecule has 270 valence electrons. The van der Waals surface area contributed by atoms with Gasteiger partial charge in [0.25, 0.3) is 0 Å². The van der Waals surface area contributed by atoms with Crippen LogP contribution in [0.5, 0.6) is 0 Å². The Labute approximate surface area is 335 Å². The van der Waals surface area contributed by atoms with Crippen molar-refractivity contribution in [2.24, 2.45) is 0 Å². The van der Waals surface area contributed by atoms with Gasteiger partial charge < -0.3 is 8.98 Å². The number of hydrogen-bond acceptors (Lipinski definition) is 1. The molecule has 0 spiro atoms. The van der Waals surface area contributed by atoms with Crippen LogP contribution in [0.2, 0.25) is 0 Å². The molecule has 0 aliphatic heterocycles. The fraction of sp³-hybridized carbons (Fsp3) is 0. The van der Waals surface area contributed by atoms with Crippen molar-refractivity contribution >= 4 is 65.3 Å². The van der Waals surface area contributed by atoms with E-state index in [1.165, 1.54) is 87.9 Å². The predicted octanol–water partition coefficient (Wildman–Crippen LogP) is 15.7. The molecule has 0 bridgehead atoms. The number of furan rings is 1. The van der Waals surface area contributed by atoms with Crippen LogP contribution in [0.4, 0.5) is 0 Å². The third-order valence-electron chi connectivity index (χ3n) is 12.0. The van der Waals surface area contributed by atoms with E-state index in [2.05, 4.69) is 205 Å². The molecule has 0 radical (unpaired) electrons. The van der Waals surface area contributed by atoms with E-state index in [0.717, 1.165) is 27.6 Å². The quantitative estimate of drug-likeness (QED) is 0.161. The van der Waals surface area contributed by atoms with Gasteiger partial charge in [0, 0.05) is 27.2 Å². The molecule has 10 aromatic carbocycles. The van der Waals surface area contributed by atoms with E-state index in [4.69, 9.17) is 4.42 Å². The lowest BCUT2D eigenvalue weighted by atomic mass is 9.91. The monoisotopic (exact) mass is 737 g/mol. The van der Waals surface area contributed by atoms with Crippen LogP contribution in [-0.4, -0.2) is 4.57 Å². The van der Waals surface area contributed by atoms with Crippen LogP contribution < -0.4 is 0 Å². The lowest BCUT2D eigenvalue weighted by Crippen LogP contribution is -1.93. The average molecular weight is 738 g/mol. The van der Waals surface area contributed by atoms with Crippen molar-refractivity contribution in [3.8, 4) is 50.2 Å². The number of aromatic nitrogens is 1. The SMILES string of the molecule is c1cc(-c2ccc3c(c2)c2ccccc2n3-c2ccc(-c3ccc(-c4ccc5oc6ccccc6c5c4)cc3)cc2)cc(-c2cc3ccccc3c3ccccc23)c1. The summed E-state index contributed by atoms with van der Waals surface area (Å²) in [5, 5.41) is 9.90. The Hall–Kier alpha value is -7.68. The lowest BCUT2D eigenvalue weighted by molar-refractivity contribution is 0.669. The molecular weight excluding hydrogens is 703 g/mol. The van der Waals surface area contributed by atoms with Gasteiger partial charge in [-0.05, 0) is 127 Å². The fourth-order valence-electron chi connectivity index (χ4n) is 9.15. The zero-order valence-electron chi connectivity index (χ0n) is 31.6. The van der Waals surface area contributed by atoms with E-state index in [0.29, 0.717) is 0 Å². The molecule has 0 N–H and O–H groups in total. The molecule has 0 unspecified atom stereocenters. The molecule has 2 heterocycles. The average Bonchev–Trinajstić information content (AvgIpc) is 3.84. The first-order valence-electron chi connectivity index (χ1n) is 19.9. The van der Waals surface area contributed by atoms with Crippen LogP contribution in [0, 0.1) is 0 Å². The summed E-state index contributed by atoms with van der Waals surface area (Å²) in [5.41, 5.74) is 15.0. The van der Waals surface area contributed by atoms with Gasteiger partial charge in [0.05, 0.1) is 11.0 Å². The maximum Gasteiger partial charge on any atom is 0.135 e. The molecule has 0 saturated carbocycles. The summed E-state index contributed by atoms with van der Waals surface area (Å²) in [6.45, 7) is 0. The number of para-hydroxylation sites is 2. The van der Waals surface area contributed by atoms with Gasteiger partial charge in [-0.1, -0.05) is 152 Å². The van der Waals surface area contributed by atoms with Gasteiger partial charge in [-0.25, -0.2) is 0 Å². The fourth-order valence-corrected chi connectivity index (χ4v) is 9.15. The Morgan fingerprint density at radius 3 is 1.64 bits per heavy atom. The topological polar surface area (TPSA) is 18.1 Å². The highest BCUT2D eigenvalue weighted by Gasteiger charge is 2.15. The van der Waals surface area contributed by atoms with Gasteiger partial charge in [0.1, 0.15) is 11.2 Å². The van der Waals surface area contributed by atoms with Crippen molar-refractivity contribution in [2.75, 3.05) is 0 Å². The van der Waals surface area contributed by atoms with Crippen molar-refractivity contribution in [3.05, 3.63) is 212 Å². The normalized spacial score (nSPS) is 11.8. The van der Waals surface area contributed by atoms with Gasteiger partial charge in [-0.3, -0.25) is 0 Å². The number of benzene rings is 10. The minimum atomic E-state index is 0.918. The van der Waals surface area contributed by atoms with Crippen molar-refractivity contribution < 1.29 is 4.42 Å². The largest absolute Gasteiger partial charge is 0.456 e. The minimum absolute atomic E-state index is 0.918. The van der Waals surface area contributed by atoms with E-state index in [-0.39, 0.29) is 0 Å². The third-order valence-corrected chi connectivity index (χ3v) is 12.0. The first kappa shape index (κ1) is 32.6. The second-order valence-corrected chi connectivity index (χ2v) is 15.3. The highest BCUT2D eigenvalue weighted by molar-refractivity contribution is 6.14. The second kappa shape index (κ2) is 12.9. The number of rotatable bonds is 5. The van der Waals surface area contributed by atoms with Crippen molar-refractivity contribution in [1.82, 2.24) is 4.57 Å². The summed E-state index contributed by atoms with van der Waals surface area (Å²) in [5.74, 6) is 0. The Kier molecular flexibility index (Phi) is 7.26. The molecule has 0 saturated heterocycles. The number of nitrogens with zero attached hydrogens (tertiary/aromatic N) is 1. The van der Waals surface area contributed by atoms with Crippen LogP contribution in [0.25, 0.3) is 115 Å². The molecule has 12 rings (SSSR count). The number of hydrogen-bond donors (Lipinski definition) is 0. The van der Waals surface area contributed by atoms with Crippen molar-refractivity contribution in [2.45, 2.75) is 0 Å². The second-order valence-electron chi connectivity index (χ2n) is 15.3. The Morgan fingerprint density at radius 2 is 0.810 bits per heavy atom. The van der Waals surface area contributed by atoms with E-state index in [9.17, 15) is 0 Å². The predicted molar refractivity (Wildman–Crippen MR) is 245 cm³/mol. The lowest BCUT2D eigenvalue weighted by Gasteiger charge is -2.13. The molecule has 0 aliphatic rings. The summed E-state index contributed by atoms with van der Waals surface area (Å²) < 4.78 is 8.46. The first-order chi connectivity index (χ1) is 28.7. The third kappa shape index (κ3) is 5.19. The molecule has 0 aliphatic carbocycles. The van der Waals surface area contributed by atoms with E-state index in [1.54, 1.807) is 0 Å². The smallest absolute Gasteiger partial charge is 0.135 e. The zero-order valence-corrected chi connectivity index (χ0v) is 31.6. The van der Waals surface area contributed by atoms with Gasteiger partial charge in [0.15, 0.2) is 0 Å². The van der Waals surface area contributed by atoms with E-state index in [1.807, 2.05) is 12.1 Å². The highest BCUT2D eigenvalue weighted by atomic mass is 16.3. The molecule has 12 aromatic rings. The summed E-state index contributed by atoms with van der Waals surface area (Å²) in [7, 11) is 0. The Balaban J connectivity index is 0.884. The van der Waals surface area contributed by atoms with Gasteiger partial charge in [0.2, 0.25) is 0 Å². The standard InChI is InChI=1S/C56H35NO/c1-2-13-45-43(10-1)35-50(47-15-4-3-14-46(45)47)42-12-9-11-39(32-42)41-26-30-54-51(33-41)48-16-5-7-18-53(48)57(54)44-28-24-37(25-29-44)36-20-22-38(23-21-36)40-27-31-56-52(34-40)49-17-6-8-19-55(49)58-56/h1-35H. The summed E-state index contributed by atoms with van der Waals surface area (Å²) >= 11 is 0. The molecule has 0 fully saturated rings. The van der Waals surface area contributed by atoms with Crippen LogP contribution in [0.15, 0.2) is 217 Å². The molecule has 0 amide bonds. The Morgan fingerprint density at radius 1 is 0.276 bits per heavy atom. The highest BCUT2D eigenvalue weighted by Crippen LogP contribution is 2.39. The van der Waals surface area contributed by atoms with Gasteiger partial charge in [-0.2, -0.15) is 0 Å². The van der Waals surface area contributed by atoms with E-state index < -0.39 is 0 Å². The molecule has 58 heavy (non-hydrogen) atoms. The minimum Gasteiger partial charge on any atom is -0.456 e. The summed E-state index contributed by atoms with van der Waals surface area (Å²) in [4.78, 5) is 0. The van der Waals surface area contributed by atoms with Gasteiger partial charge in [-0.15, -0.1) is 0 Å². The van der Waals surface area contributed by atoms with Crippen LogP contribution in [-0.2, 0) is 0 Å². The van der Waals surface area contributed by atoms with Crippen LogP contribution in [0.1, 0.15) is 0 Å². The maximum atomic E-state index is 6.06. The molecule has 2 nitrogen and oxygen atoms in total. The summed E-state index contributed by atoms with van der Waals surface area (Å²) in [6.07, 6.45) is 0. The molecule has 2 aromatic heterocycles. The molecular formula is C56H35NO. The summed E-state index contributed by atoms with van der Waals surface area (Å²) in [6, 6.07) is 77.1. The Bertz CT molecular complexity index is 3550. The van der Waals surface area contributed by atoms with Crippen LogP contribution >= 0.6 is 0 Å². The maximum absolute atomic E-state index is 6.06.